The zero-order valence-corrected chi connectivity index (χ0v) is 12.2. The molecular weight excluding hydrogens is 302 g/mol. The molecule has 0 atom stereocenters. The minimum Gasteiger partial charge on any atom is -0.353 e. The summed E-state index contributed by atoms with van der Waals surface area (Å²) in [5.41, 5.74) is 0. The minimum absolute atomic E-state index is 0.156. The molecule has 0 aromatic carbocycles. The van der Waals surface area contributed by atoms with Crippen LogP contribution < -0.4 is 10.0 Å². The van der Waals surface area contributed by atoms with Crippen molar-refractivity contribution >= 4 is 32.4 Å². The molecular formula is C10H13N5O3S2. The Morgan fingerprint density at radius 2 is 2.05 bits per heavy atom. The molecule has 0 saturated heterocycles. The molecule has 0 saturated carbocycles. The van der Waals surface area contributed by atoms with Crippen LogP contribution in [-0.2, 0) is 21.4 Å². The Balaban J connectivity index is 1.95. The fourth-order valence-electron chi connectivity index (χ4n) is 1.41. The third-order valence-corrected chi connectivity index (χ3v) is 4.91. The maximum Gasteiger partial charge on any atom is 0.269 e. The first-order chi connectivity index (χ1) is 9.47. The average molecular weight is 315 g/mol. The van der Waals surface area contributed by atoms with Crippen molar-refractivity contribution in [2.24, 2.45) is 0 Å². The second-order valence-electron chi connectivity index (χ2n) is 3.87. The molecule has 0 spiro atoms. The largest absolute Gasteiger partial charge is 0.353 e. The monoisotopic (exact) mass is 315 g/mol. The molecule has 0 radical (unpaired) electrons. The van der Waals surface area contributed by atoms with E-state index in [2.05, 4.69) is 20.2 Å². The molecule has 0 unspecified atom stereocenters. The van der Waals surface area contributed by atoms with E-state index >= 15 is 0 Å². The van der Waals surface area contributed by atoms with E-state index in [9.17, 15) is 13.2 Å². The fraction of sp³-hybridized carbons (Fsp3) is 0.300. The van der Waals surface area contributed by atoms with Crippen LogP contribution in [-0.4, -0.2) is 35.6 Å². The molecule has 2 heterocycles. The summed E-state index contributed by atoms with van der Waals surface area (Å²) in [6.07, 6.45) is 3.68. The molecule has 20 heavy (non-hydrogen) atoms. The van der Waals surface area contributed by atoms with Crippen LogP contribution in [0.15, 0.2) is 28.9 Å². The van der Waals surface area contributed by atoms with E-state index in [4.69, 9.17) is 0 Å². The topological polar surface area (TPSA) is 106 Å². The van der Waals surface area contributed by atoms with E-state index in [1.165, 1.54) is 6.92 Å². The summed E-state index contributed by atoms with van der Waals surface area (Å²) in [4.78, 5) is 10.8. The van der Waals surface area contributed by atoms with Gasteiger partial charge in [0.05, 0.1) is 0 Å². The van der Waals surface area contributed by atoms with Gasteiger partial charge in [0.2, 0.25) is 15.4 Å². The zero-order chi connectivity index (χ0) is 14.6. The molecule has 2 aromatic heterocycles. The van der Waals surface area contributed by atoms with Crippen LogP contribution in [0.3, 0.4) is 0 Å². The van der Waals surface area contributed by atoms with Gasteiger partial charge in [-0.05, 0) is 12.1 Å². The second kappa shape index (κ2) is 6.11. The highest BCUT2D eigenvalue weighted by molar-refractivity contribution is 7.91. The number of nitrogens with one attached hydrogen (secondary N) is 2. The SMILES string of the molecule is CC(=O)Nc1nnc(S(=O)(=O)NCCn2cccc2)s1. The number of nitrogens with zero attached hydrogens (tertiary/aromatic N) is 3. The van der Waals surface area contributed by atoms with E-state index in [1.807, 2.05) is 29.1 Å². The van der Waals surface area contributed by atoms with Crippen molar-refractivity contribution in [2.45, 2.75) is 17.8 Å². The standard InChI is InChI=1S/C10H13N5O3S2/c1-8(16)12-9-13-14-10(19-9)20(17,18)11-4-7-15-5-2-3-6-15/h2-3,5-6,11H,4,7H2,1H3,(H,12,13,16). The van der Waals surface area contributed by atoms with Crippen molar-refractivity contribution in [3.63, 3.8) is 0 Å². The van der Waals surface area contributed by atoms with E-state index in [0.717, 1.165) is 11.3 Å². The normalized spacial score (nSPS) is 11.4. The number of carbonyl (C=O) groups is 1. The number of hydrogen-bond donors (Lipinski definition) is 2. The van der Waals surface area contributed by atoms with Crippen LogP contribution in [0.5, 0.6) is 0 Å². The summed E-state index contributed by atoms with van der Waals surface area (Å²) in [5.74, 6) is -0.328. The summed E-state index contributed by atoms with van der Waals surface area (Å²) < 4.78 is 28.0. The lowest BCUT2D eigenvalue weighted by molar-refractivity contribution is -0.114. The van der Waals surface area contributed by atoms with Gasteiger partial charge in [0, 0.05) is 32.4 Å². The van der Waals surface area contributed by atoms with Gasteiger partial charge in [-0.1, -0.05) is 11.3 Å². The van der Waals surface area contributed by atoms with Crippen molar-refractivity contribution < 1.29 is 13.2 Å². The molecule has 108 valence electrons. The molecule has 2 aromatic rings. The third-order valence-electron chi connectivity index (χ3n) is 2.25. The highest BCUT2D eigenvalue weighted by Gasteiger charge is 2.19. The Bertz CT molecular complexity index is 678. The smallest absolute Gasteiger partial charge is 0.269 e. The van der Waals surface area contributed by atoms with Crippen molar-refractivity contribution in [2.75, 3.05) is 11.9 Å². The molecule has 0 aliphatic heterocycles. The number of carbonyl (C=O) groups excluding carboxylic acids is 1. The summed E-state index contributed by atoms with van der Waals surface area (Å²) in [6, 6.07) is 3.72. The van der Waals surface area contributed by atoms with Crippen LogP contribution in [0.25, 0.3) is 0 Å². The molecule has 0 aliphatic carbocycles. The number of rotatable bonds is 6. The van der Waals surface area contributed by atoms with Crippen LogP contribution in [0.2, 0.25) is 0 Å². The van der Waals surface area contributed by atoms with Crippen molar-refractivity contribution in [3.8, 4) is 0 Å². The van der Waals surface area contributed by atoms with Gasteiger partial charge in [0.25, 0.3) is 10.0 Å². The van der Waals surface area contributed by atoms with E-state index in [1.54, 1.807) is 0 Å². The predicted octanol–water partition coefficient (Wildman–Crippen LogP) is 0.277. The van der Waals surface area contributed by atoms with Crippen LogP contribution in [0.4, 0.5) is 5.13 Å². The first-order valence-electron chi connectivity index (χ1n) is 5.69. The zero-order valence-electron chi connectivity index (χ0n) is 10.6. The molecule has 0 fully saturated rings. The molecule has 8 nitrogen and oxygen atoms in total. The first-order valence-corrected chi connectivity index (χ1v) is 7.99. The number of sulfonamides is 1. The van der Waals surface area contributed by atoms with E-state index < -0.39 is 10.0 Å². The molecule has 0 bridgehead atoms. The average Bonchev–Trinajstić information content (AvgIpc) is 2.99. The maximum absolute atomic E-state index is 11.9. The quantitative estimate of drug-likeness (QED) is 0.745. The number of aromatic nitrogens is 3. The number of amides is 1. The van der Waals surface area contributed by atoms with Gasteiger partial charge in [-0.3, -0.25) is 4.79 Å². The maximum atomic E-state index is 11.9. The molecule has 0 aliphatic rings. The molecule has 10 heteroatoms. The van der Waals surface area contributed by atoms with Gasteiger partial charge in [0.1, 0.15) is 0 Å². The Hall–Kier alpha value is -1.78. The summed E-state index contributed by atoms with van der Waals surface area (Å²) >= 11 is 0.805. The van der Waals surface area contributed by atoms with Crippen molar-refractivity contribution in [1.29, 1.82) is 0 Å². The van der Waals surface area contributed by atoms with Gasteiger partial charge < -0.3 is 9.88 Å². The number of anilines is 1. The lowest BCUT2D eigenvalue weighted by Gasteiger charge is -2.04. The Labute approximate surface area is 119 Å². The van der Waals surface area contributed by atoms with E-state index in [0.29, 0.717) is 6.54 Å². The summed E-state index contributed by atoms with van der Waals surface area (Å²) in [5, 5.41) is 9.69. The first kappa shape index (κ1) is 14.6. The summed E-state index contributed by atoms with van der Waals surface area (Å²) in [7, 11) is -3.70. The van der Waals surface area contributed by atoms with Gasteiger partial charge in [-0.15, -0.1) is 10.2 Å². The van der Waals surface area contributed by atoms with Crippen LogP contribution >= 0.6 is 11.3 Å². The van der Waals surface area contributed by atoms with Gasteiger partial charge in [-0.2, -0.15) is 0 Å². The Kier molecular flexibility index (Phi) is 4.47. The predicted molar refractivity (Wildman–Crippen MR) is 73.8 cm³/mol. The highest BCUT2D eigenvalue weighted by Crippen LogP contribution is 2.19. The molecule has 2 N–H and O–H groups in total. The van der Waals surface area contributed by atoms with Crippen LogP contribution in [0, 0.1) is 0 Å². The third kappa shape index (κ3) is 3.85. The van der Waals surface area contributed by atoms with Gasteiger partial charge >= 0.3 is 0 Å². The van der Waals surface area contributed by atoms with E-state index in [-0.39, 0.29) is 21.9 Å². The second-order valence-corrected chi connectivity index (χ2v) is 6.79. The minimum atomic E-state index is -3.70. The number of hydrogen-bond acceptors (Lipinski definition) is 6. The highest BCUT2D eigenvalue weighted by atomic mass is 32.2. The fourth-order valence-corrected chi connectivity index (χ4v) is 3.42. The Morgan fingerprint density at radius 3 is 2.70 bits per heavy atom. The molecule has 2 rings (SSSR count). The lowest BCUT2D eigenvalue weighted by atomic mass is 10.6. The lowest BCUT2D eigenvalue weighted by Crippen LogP contribution is -2.27. The van der Waals surface area contributed by atoms with Gasteiger partial charge in [0.15, 0.2) is 0 Å². The summed E-state index contributed by atoms with van der Waals surface area (Å²) in [6.45, 7) is 2.07. The Morgan fingerprint density at radius 1 is 1.35 bits per heavy atom. The van der Waals surface area contributed by atoms with Crippen molar-refractivity contribution in [3.05, 3.63) is 24.5 Å². The van der Waals surface area contributed by atoms with Crippen LogP contribution in [0.1, 0.15) is 6.92 Å². The van der Waals surface area contributed by atoms with Crippen molar-refractivity contribution in [1.82, 2.24) is 19.5 Å². The van der Waals surface area contributed by atoms with Gasteiger partial charge in [-0.25, -0.2) is 13.1 Å². The molecule has 1 amide bonds.